The van der Waals surface area contributed by atoms with Crippen LogP contribution in [0.25, 0.3) is 17.0 Å². The Kier molecular flexibility index (Phi) is 4.45. The highest BCUT2D eigenvalue weighted by Crippen LogP contribution is 2.24. The lowest BCUT2D eigenvalue weighted by Gasteiger charge is -2.11. The van der Waals surface area contributed by atoms with E-state index in [0.29, 0.717) is 16.6 Å². The van der Waals surface area contributed by atoms with E-state index < -0.39 is 17.6 Å². The number of halogens is 2. The molecule has 6 nitrogen and oxygen atoms in total. The highest BCUT2D eigenvalue weighted by Gasteiger charge is 2.16. The number of aromatic nitrogens is 3. The van der Waals surface area contributed by atoms with Gasteiger partial charge in [0.05, 0.1) is 23.1 Å². The lowest BCUT2D eigenvalue weighted by molar-refractivity contribution is -0.114. The Labute approximate surface area is 147 Å². The van der Waals surface area contributed by atoms with Crippen LogP contribution in [-0.2, 0) is 4.79 Å². The molecule has 0 saturated heterocycles. The lowest BCUT2D eigenvalue weighted by Crippen LogP contribution is -2.15. The molecule has 8 heteroatoms. The molecule has 26 heavy (non-hydrogen) atoms. The van der Waals surface area contributed by atoms with E-state index in [1.165, 1.54) is 18.5 Å². The number of nitrogens with one attached hydrogen (secondary N) is 2. The molecule has 130 valence electrons. The molecule has 0 spiro atoms. The smallest absolute Gasteiger partial charge is 0.284 e. The molecule has 0 radical (unpaired) electrons. The molecule has 2 aromatic heterocycles. The van der Waals surface area contributed by atoms with E-state index in [1.54, 1.807) is 19.9 Å². The van der Waals surface area contributed by atoms with Gasteiger partial charge in [-0.1, -0.05) is 12.1 Å². The summed E-state index contributed by atoms with van der Waals surface area (Å²) in [6.45, 7) is 3.24. The van der Waals surface area contributed by atoms with Crippen molar-refractivity contribution in [2.75, 3.05) is 5.32 Å². The van der Waals surface area contributed by atoms with Gasteiger partial charge in [0.25, 0.3) is 5.91 Å². The second kappa shape index (κ2) is 6.72. The van der Waals surface area contributed by atoms with Crippen molar-refractivity contribution in [3.05, 3.63) is 58.6 Å². The summed E-state index contributed by atoms with van der Waals surface area (Å²) in [6, 6.07) is 4.86. The molecule has 2 heterocycles. The molecule has 3 rings (SSSR count). The van der Waals surface area contributed by atoms with Crippen LogP contribution < -0.4 is 5.32 Å². The number of carbonyl (C=O) groups is 1. The van der Waals surface area contributed by atoms with Crippen LogP contribution >= 0.6 is 0 Å². The molecule has 3 aromatic rings. The van der Waals surface area contributed by atoms with Crippen LogP contribution in [0.3, 0.4) is 0 Å². The summed E-state index contributed by atoms with van der Waals surface area (Å²) in [6.07, 6.45) is 3.62. The van der Waals surface area contributed by atoms with Crippen LogP contribution in [0.2, 0.25) is 0 Å². The molecule has 2 N–H and O–H groups in total. The summed E-state index contributed by atoms with van der Waals surface area (Å²) in [5, 5.41) is 18.2. The van der Waals surface area contributed by atoms with E-state index in [0.717, 1.165) is 6.08 Å². The monoisotopic (exact) mass is 353 g/mol. The van der Waals surface area contributed by atoms with E-state index in [-0.39, 0.29) is 22.3 Å². The quantitative estimate of drug-likeness (QED) is 0.704. The molecule has 0 aliphatic carbocycles. The van der Waals surface area contributed by atoms with Crippen molar-refractivity contribution < 1.29 is 13.6 Å². The number of hydrogen-bond acceptors (Lipinski definition) is 4. The number of hydrogen-bond donors (Lipinski definition) is 2. The number of nitriles is 1. The molecule has 1 aromatic carbocycles. The van der Waals surface area contributed by atoms with E-state index in [2.05, 4.69) is 20.5 Å². The first kappa shape index (κ1) is 17.2. The highest BCUT2D eigenvalue weighted by molar-refractivity contribution is 6.06. The number of anilines is 1. The number of carbonyl (C=O) groups excluding carboxylic acids is 1. The first-order valence-electron chi connectivity index (χ1n) is 7.58. The number of aromatic amines is 1. The summed E-state index contributed by atoms with van der Waals surface area (Å²) in [5.41, 5.74) is 1.48. The minimum atomic E-state index is -1.18. The van der Waals surface area contributed by atoms with Crippen LogP contribution in [0.4, 0.5) is 14.5 Å². The van der Waals surface area contributed by atoms with Gasteiger partial charge in [-0.2, -0.15) is 10.4 Å². The fourth-order valence-corrected chi connectivity index (χ4v) is 2.51. The number of aryl methyl sites for hydroxylation is 1. The van der Waals surface area contributed by atoms with E-state index in [1.807, 2.05) is 6.07 Å². The third-order valence-corrected chi connectivity index (χ3v) is 3.97. The molecule has 0 saturated carbocycles. The summed E-state index contributed by atoms with van der Waals surface area (Å²) >= 11 is 0. The third-order valence-electron chi connectivity index (χ3n) is 3.97. The third kappa shape index (κ3) is 3.02. The van der Waals surface area contributed by atoms with Gasteiger partial charge >= 0.3 is 0 Å². The van der Waals surface area contributed by atoms with Gasteiger partial charge in [-0.3, -0.25) is 14.9 Å². The predicted molar refractivity (Wildman–Crippen MR) is 92.2 cm³/mol. The highest BCUT2D eigenvalue weighted by atomic mass is 19.1. The second-order valence-corrected chi connectivity index (χ2v) is 5.62. The molecular weight excluding hydrogens is 340 g/mol. The molecule has 0 aliphatic heterocycles. The normalized spacial score (nSPS) is 11.4. The van der Waals surface area contributed by atoms with Gasteiger partial charge in [0.15, 0.2) is 11.6 Å². The molecule has 0 unspecified atom stereocenters. The Morgan fingerprint density at radius 1 is 1.35 bits per heavy atom. The van der Waals surface area contributed by atoms with Crippen molar-refractivity contribution in [3.63, 3.8) is 0 Å². The SMILES string of the molecule is Cc1ncc(C#N)c(C)c1NC(=O)/C(F)=C/c1ccc2cn[nH]c2c1F. The van der Waals surface area contributed by atoms with Gasteiger partial charge in [-0.25, -0.2) is 8.78 Å². The van der Waals surface area contributed by atoms with E-state index in [9.17, 15) is 13.6 Å². The Hall–Kier alpha value is -3.60. The van der Waals surface area contributed by atoms with Crippen LogP contribution in [0, 0.1) is 31.0 Å². The fraction of sp³-hybridized carbons (Fsp3) is 0.111. The van der Waals surface area contributed by atoms with Gasteiger partial charge in [0, 0.05) is 17.1 Å². The van der Waals surface area contributed by atoms with Crippen LogP contribution in [0.1, 0.15) is 22.4 Å². The maximum atomic E-state index is 14.3. The standard InChI is InChI=1S/C18H13F2N5O/c1-9-13(6-21)7-22-10(2)16(9)24-18(26)14(19)5-11-3-4-12-8-23-25-17(12)15(11)20/h3-5,7-8H,1-2H3,(H,23,25)(H,24,26)/b14-5-. The lowest BCUT2D eigenvalue weighted by atomic mass is 10.1. The zero-order chi connectivity index (χ0) is 18.8. The van der Waals surface area contributed by atoms with Gasteiger partial charge in [-0.15, -0.1) is 0 Å². The van der Waals surface area contributed by atoms with Crippen molar-refractivity contribution in [1.29, 1.82) is 5.26 Å². The topological polar surface area (TPSA) is 94.5 Å². The molecule has 0 atom stereocenters. The Bertz CT molecular complexity index is 1090. The van der Waals surface area contributed by atoms with Crippen LogP contribution in [-0.4, -0.2) is 21.1 Å². The van der Waals surface area contributed by atoms with Crippen molar-refractivity contribution >= 4 is 28.6 Å². The molecule has 0 aliphatic rings. The Balaban J connectivity index is 1.91. The number of fused-ring (bicyclic) bond motifs is 1. The number of rotatable bonds is 3. The average Bonchev–Trinajstić information content (AvgIpc) is 3.10. The van der Waals surface area contributed by atoms with E-state index in [4.69, 9.17) is 5.26 Å². The molecule has 0 fully saturated rings. The number of H-pyrrole nitrogens is 1. The average molecular weight is 353 g/mol. The van der Waals surface area contributed by atoms with Crippen molar-refractivity contribution in [1.82, 2.24) is 15.2 Å². The molecule has 1 amide bonds. The summed E-state index contributed by atoms with van der Waals surface area (Å²) in [4.78, 5) is 16.1. The summed E-state index contributed by atoms with van der Waals surface area (Å²) in [7, 11) is 0. The van der Waals surface area contributed by atoms with Gasteiger partial charge in [0.2, 0.25) is 0 Å². The van der Waals surface area contributed by atoms with Gasteiger partial charge in [-0.05, 0) is 25.5 Å². The first-order chi connectivity index (χ1) is 12.4. The van der Waals surface area contributed by atoms with Crippen molar-refractivity contribution in [2.45, 2.75) is 13.8 Å². The maximum Gasteiger partial charge on any atom is 0.284 e. The number of amides is 1. The van der Waals surface area contributed by atoms with E-state index >= 15 is 0 Å². The zero-order valence-corrected chi connectivity index (χ0v) is 13.9. The van der Waals surface area contributed by atoms with Crippen LogP contribution in [0.5, 0.6) is 0 Å². The first-order valence-corrected chi connectivity index (χ1v) is 7.58. The zero-order valence-electron chi connectivity index (χ0n) is 13.9. The number of nitrogens with zero attached hydrogens (tertiary/aromatic N) is 3. The maximum absolute atomic E-state index is 14.3. The second-order valence-electron chi connectivity index (χ2n) is 5.62. The summed E-state index contributed by atoms with van der Waals surface area (Å²) < 4.78 is 28.6. The van der Waals surface area contributed by atoms with Crippen LogP contribution in [0.15, 0.2) is 30.4 Å². The minimum absolute atomic E-state index is 0.0910. The molecular formula is C18H13F2N5O. The Morgan fingerprint density at radius 2 is 2.12 bits per heavy atom. The fourth-order valence-electron chi connectivity index (χ4n) is 2.51. The number of pyridine rings is 1. The number of benzene rings is 1. The Morgan fingerprint density at radius 3 is 2.85 bits per heavy atom. The largest absolute Gasteiger partial charge is 0.318 e. The predicted octanol–water partition coefficient (Wildman–Crippen LogP) is 3.53. The minimum Gasteiger partial charge on any atom is -0.318 e. The van der Waals surface area contributed by atoms with Crippen molar-refractivity contribution in [2.24, 2.45) is 0 Å². The van der Waals surface area contributed by atoms with Gasteiger partial charge in [0.1, 0.15) is 11.6 Å². The van der Waals surface area contributed by atoms with Crippen molar-refractivity contribution in [3.8, 4) is 6.07 Å². The molecule has 0 bridgehead atoms. The summed E-state index contributed by atoms with van der Waals surface area (Å²) in [5.74, 6) is -2.94. The van der Waals surface area contributed by atoms with Gasteiger partial charge < -0.3 is 5.32 Å².